The van der Waals surface area contributed by atoms with Crippen molar-refractivity contribution < 1.29 is 23.3 Å². The molecular formula is C39H49ClN2O5S. The van der Waals surface area contributed by atoms with Crippen LogP contribution in [0.4, 0.5) is 5.69 Å². The van der Waals surface area contributed by atoms with Gasteiger partial charge in [0.1, 0.15) is 11.5 Å². The molecule has 8 atom stereocenters. The summed E-state index contributed by atoms with van der Waals surface area (Å²) in [6.07, 6.45) is 11.7. The van der Waals surface area contributed by atoms with Crippen molar-refractivity contribution in [3.05, 3.63) is 70.3 Å². The number of amides is 1. The van der Waals surface area contributed by atoms with Crippen LogP contribution in [0.25, 0.3) is 0 Å². The number of benzene rings is 2. The third kappa shape index (κ3) is 6.99. The first kappa shape index (κ1) is 33.8. The van der Waals surface area contributed by atoms with E-state index in [2.05, 4.69) is 40.5 Å². The zero-order valence-electron chi connectivity index (χ0n) is 28.5. The average Bonchev–Trinajstić information content (AvgIpc) is 3.75. The number of hydrogen-bond acceptors (Lipinski definition) is 6. The second kappa shape index (κ2) is 13.6. The lowest BCUT2D eigenvalue weighted by Crippen LogP contribution is -2.49. The fourth-order valence-corrected chi connectivity index (χ4v) is 11.3. The van der Waals surface area contributed by atoms with E-state index in [4.69, 9.17) is 21.1 Å². The van der Waals surface area contributed by atoms with E-state index in [1.807, 2.05) is 25.1 Å². The Bertz CT molecular complexity index is 1730. The Morgan fingerprint density at radius 2 is 2.02 bits per heavy atom. The fraction of sp³-hybridized carbons (Fsp3) is 0.590. The zero-order chi connectivity index (χ0) is 33.6. The van der Waals surface area contributed by atoms with E-state index < -0.39 is 15.6 Å². The van der Waals surface area contributed by atoms with Gasteiger partial charge in [-0.2, -0.15) is 4.36 Å². The molecule has 2 aromatic carbocycles. The zero-order valence-corrected chi connectivity index (χ0v) is 30.1. The second-order valence-corrected chi connectivity index (χ2v) is 18.2. The molecule has 9 heteroatoms. The molecule has 48 heavy (non-hydrogen) atoms. The summed E-state index contributed by atoms with van der Waals surface area (Å²) in [6.45, 7) is 6.27. The van der Waals surface area contributed by atoms with Crippen molar-refractivity contribution in [3.8, 4) is 5.75 Å². The number of hydrogen-bond donors (Lipinski definition) is 0. The second-order valence-electron chi connectivity index (χ2n) is 15.5. The standard InChI is InChI=1S/C39H49ClN2O5S/c1-25-6-4-8-36(46-3)33-12-9-29(33)20-42-23-39(15-5-7-27-17-31(40)11-13-34(27)39)24-47-37-14-10-28(19-35(37)42)38(44)41-48(45,21-25)22-32(43)18-30-16-26(30)2/h4,8,10-11,13-14,17,19,25-26,29-30,33,36H,5-7,9,12,15-16,18,20-24H2,1-3H3/b8-4+/t25-,26+,29-,30+,33+,36-,39-,48+/m0/s1. The number of nitrogens with zero attached hydrogens (tertiary/aromatic N) is 2. The van der Waals surface area contributed by atoms with E-state index in [0.29, 0.717) is 48.7 Å². The Labute approximate surface area is 291 Å². The van der Waals surface area contributed by atoms with Crippen LogP contribution in [0.2, 0.25) is 5.02 Å². The number of ether oxygens (including phenoxy) is 2. The molecule has 2 aliphatic heterocycles. The molecule has 0 saturated heterocycles. The molecule has 2 fully saturated rings. The maximum atomic E-state index is 14.4. The predicted molar refractivity (Wildman–Crippen MR) is 192 cm³/mol. The van der Waals surface area contributed by atoms with Gasteiger partial charge in [0.05, 0.1) is 33.9 Å². The van der Waals surface area contributed by atoms with Crippen molar-refractivity contribution in [1.29, 1.82) is 0 Å². The first-order valence-electron chi connectivity index (χ1n) is 17.8. The van der Waals surface area contributed by atoms with Crippen LogP contribution in [-0.2, 0) is 31.1 Å². The molecule has 3 aliphatic carbocycles. The molecule has 7 nitrogen and oxygen atoms in total. The van der Waals surface area contributed by atoms with Gasteiger partial charge >= 0.3 is 0 Å². The number of allylic oxidation sites excluding steroid dienone is 1. The summed E-state index contributed by atoms with van der Waals surface area (Å²) >= 11 is 6.45. The highest BCUT2D eigenvalue weighted by atomic mass is 35.5. The molecule has 7 rings (SSSR count). The van der Waals surface area contributed by atoms with Gasteiger partial charge in [-0.1, -0.05) is 43.7 Å². The van der Waals surface area contributed by atoms with Gasteiger partial charge in [0.2, 0.25) is 0 Å². The van der Waals surface area contributed by atoms with Gasteiger partial charge in [0, 0.05) is 48.4 Å². The Hall–Kier alpha value is -2.68. The van der Waals surface area contributed by atoms with Gasteiger partial charge < -0.3 is 14.4 Å². The summed E-state index contributed by atoms with van der Waals surface area (Å²) in [4.78, 5) is 29.5. The number of carbonyl (C=O) groups is 2. The Morgan fingerprint density at radius 3 is 2.77 bits per heavy atom. The van der Waals surface area contributed by atoms with Gasteiger partial charge in [-0.05, 0) is 116 Å². The third-order valence-corrected chi connectivity index (χ3v) is 14.3. The molecular weight excluding hydrogens is 644 g/mol. The SMILES string of the molecule is CO[C@H]1/C=C/C[C@H](C)C[S@@](=O)(CC(=O)C[C@H]2C[C@H]2C)=NC(=O)c2ccc3c(c2)N(C[C@@H]2CC[C@H]21)C[C@@]1(CCCc2cc(Cl)ccc21)CO3. The molecule has 2 saturated carbocycles. The Balaban J connectivity index is 1.28. The Kier molecular flexibility index (Phi) is 9.55. The number of rotatable bonds is 5. The van der Waals surface area contributed by atoms with Crippen LogP contribution >= 0.6 is 11.6 Å². The summed E-state index contributed by atoms with van der Waals surface area (Å²) in [7, 11) is -1.33. The van der Waals surface area contributed by atoms with Crippen LogP contribution in [0.1, 0.15) is 80.3 Å². The van der Waals surface area contributed by atoms with Crippen molar-refractivity contribution in [2.24, 2.45) is 34.0 Å². The molecule has 0 radical (unpaired) electrons. The van der Waals surface area contributed by atoms with Gasteiger partial charge in [0.25, 0.3) is 5.91 Å². The van der Waals surface area contributed by atoms with Gasteiger partial charge in [-0.3, -0.25) is 9.59 Å². The molecule has 1 spiro atoms. The lowest BCUT2D eigenvalue weighted by atomic mass is 9.68. The number of anilines is 1. The highest BCUT2D eigenvalue weighted by molar-refractivity contribution is 7.94. The van der Waals surface area contributed by atoms with Crippen molar-refractivity contribution in [2.75, 3.05) is 43.2 Å². The maximum Gasteiger partial charge on any atom is 0.285 e. The number of carbonyl (C=O) groups excluding carboxylic acids is 2. The average molecular weight is 693 g/mol. The van der Waals surface area contributed by atoms with E-state index in [1.165, 1.54) is 11.1 Å². The minimum absolute atomic E-state index is 0.0119. The highest BCUT2D eigenvalue weighted by Gasteiger charge is 2.44. The number of ketones is 1. The normalized spacial score (nSPS) is 35.2. The lowest BCUT2D eigenvalue weighted by Gasteiger charge is -2.46. The van der Waals surface area contributed by atoms with Crippen LogP contribution < -0.4 is 9.64 Å². The number of fused-ring (bicyclic) bond motifs is 4. The van der Waals surface area contributed by atoms with Crippen LogP contribution in [0.15, 0.2) is 52.9 Å². The fourth-order valence-electron chi connectivity index (χ4n) is 8.76. The summed E-state index contributed by atoms with van der Waals surface area (Å²) in [6, 6.07) is 11.8. The molecule has 5 aliphatic rings. The number of aryl methyl sites for hydroxylation is 1. The predicted octanol–water partition coefficient (Wildman–Crippen LogP) is 7.67. The largest absolute Gasteiger partial charge is 0.490 e. The van der Waals surface area contributed by atoms with Crippen LogP contribution in [0.5, 0.6) is 5.75 Å². The molecule has 2 bridgehead atoms. The van der Waals surface area contributed by atoms with Crippen LogP contribution in [0, 0.1) is 29.6 Å². The van der Waals surface area contributed by atoms with E-state index in [9.17, 15) is 13.8 Å². The van der Waals surface area contributed by atoms with Crippen molar-refractivity contribution in [2.45, 2.75) is 76.7 Å². The van der Waals surface area contributed by atoms with E-state index in [1.54, 1.807) is 13.2 Å². The molecule has 258 valence electrons. The van der Waals surface area contributed by atoms with Gasteiger partial charge in [-0.15, -0.1) is 0 Å². The minimum atomic E-state index is -3.12. The maximum absolute atomic E-state index is 14.4. The number of Topliss-reactive ketones (excluding diaryl/α,β-unsaturated/α-hetero) is 1. The smallest absolute Gasteiger partial charge is 0.285 e. The molecule has 2 aromatic rings. The van der Waals surface area contributed by atoms with E-state index in [-0.39, 0.29) is 34.7 Å². The summed E-state index contributed by atoms with van der Waals surface area (Å²) in [5.74, 6) is 1.86. The van der Waals surface area contributed by atoms with Gasteiger partial charge in [-0.25, -0.2) is 4.21 Å². The molecule has 0 unspecified atom stereocenters. The van der Waals surface area contributed by atoms with Crippen molar-refractivity contribution in [3.63, 3.8) is 0 Å². The molecule has 0 aromatic heterocycles. The van der Waals surface area contributed by atoms with Crippen molar-refractivity contribution >= 4 is 38.7 Å². The monoisotopic (exact) mass is 692 g/mol. The molecule has 0 N–H and O–H groups in total. The Morgan fingerprint density at radius 1 is 1.19 bits per heavy atom. The quantitative estimate of drug-likeness (QED) is 0.299. The van der Waals surface area contributed by atoms with Crippen molar-refractivity contribution in [1.82, 2.24) is 0 Å². The number of methoxy groups -OCH3 is 1. The minimum Gasteiger partial charge on any atom is -0.490 e. The first-order valence-corrected chi connectivity index (χ1v) is 20.1. The summed E-state index contributed by atoms with van der Waals surface area (Å²) in [5, 5.41) is 0.756. The molecule has 1 amide bonds. The van der Waals surface area contributed by atoms with Crippen LogP contribution in [-0.4, -0.2) is 60.3 Å². The first-order chi connectivity index (χ1) is 23.0. The van der Waals surface area contributed by atoms with E-state index >= 15 is 0 Å². The third-order valence-electron chi connectivity index (χ3n) is 11.7. The lowest BCUT2D eigenvalue weighted by molar-refractivity contribution is -0.117. The number of halogens is 1. The van der Waals surface area contributed by atoms with Gasteiger partial charge in [0.15, 0.2) is 0 Å². The summed E-state index contributed by atoms with van der Waals surface area (Å²) < 4.78 is 31.6. The topological polar surface area (TPSA) is 85.3 Å². The van der Waals surface area contributed by atoms with E-state index in [0.717, 1.165) is 68.1 Å². The van der Waals surface area contributed by atoms with Crippen LogP contribution in [0.3, 0.4) is 0 Å². The molecule has 2 heterocycles. The summed E-state index contributed by atoms with van der Waals surface area (Å²) in [5.41, 5.74) is 3.61. The highest BCUT2D eigenvalue weighted by Crippen LogP contribution is 2.47.